The number of rotatable bonds is 24. The molecule has 0 bridgehead atoms. The fraction of sp³-hybridized carbons (Fsp3) is 0.500. The topological polar surface area (TPSA) is 364 Å². The average molecular weight is 775 g/mol. The highest BCUT2D eigenvalue weighted by Crippen LogP contribution is 2.19. The number of aromatic amines is 1. The molecule has 15 N–H and O–H groups in total. The standard InChI is InChI=1S/C34H50N10O11/c1-17(2)12-24(43-29(50)20(35)13-18-15-39-21-7-4-3-6-19(18)21)30(51)40-16-26(45)41-22(8-5-11-38-34(36)37)31(52)42-23(9-10-27(46)47)32(53)44-25(33(54)55)14-28(48)49/h3-4,6-7,15,17,20,22-25,39H,5,8-14,16,35H2,1-2H3,(H,40,51)(H,41,45)(H,42,52)(H,43,50)(H,44,53)(H,46,47)(H,48,49)(H,54,55)(H4,36,37,38)/t20-,22-,23+,24-,25-/m0/s1. The normalized spacial score (nSPS) is 13.7. The molecule has 21 heteroatoms. The van der Waals surface area contributed by atoms with E-state index in [-0.39, 0.29) is 44.1 Å². The van der Waals surface area contributed by atoms with Crippen LogP contribution in [0.1, 0.15) is 57.9 Å². The summed E-state index contributed by atoms with van der Waals surface area (Å²) in [4.78, 5) is 107. The number of carbonyl (C=O) groups is 8. The molecule has 0 saturated heterocycles. The second-order valence-electron chi connectivity index (χ2n) is 13.1. The zero-order valence-electron chi connectivity index (χ0n) is 30.5. The maximum Gasteiger partial charge on any atom is 0.326 e. The van der Waals surface area contributed by atoms with Gasteiger partial charge in [0.15, 0.2) is 5.96 Å². The van der Waals surface area contributed by atoms with Crippen molar-refractivity contribution in [1.29, 1.82) is 0 Å². The molecule has 0 fully saturated rings. The lowest BCUT2D eigenvalue weighted by Crippen LogP contribution is -2.57. The number of H-pyrrole nitrogens is 1. The first-order valence-corrected chi connectivity index (χ1v) is 17.4. The van der Waals surface area contributed by atoms with Crippen molar-refractivity contribution < 1.29 is 53.7 Å². The van der Waals surface area contributed by atoms with Gasteiger partial charge in [0.1, 0.15) is 24.2 Å². The number of nitrogens with zero attached hydrogens (tertiary/aromatic N) is 1. The summed E-state index contributed by atoms with van der Waals surface area (Å²) in [5.74, 6) is -9.21. The predicted octanol–water partition coefficient (Wildman–Crippen LogP) is -2.38. The van der Waals surface area contributed by atoms with Crippen LogP contribution in [0.25, 0.3) is 10.9 Å². The first-order valence-electron chi connectivity index (χ1n) is 17.4. The summed E-state index contributed by atoms with van der Waals surface area (Å²) in [5.41, 5.74) is 18.6. The lowest BCUT2D eigenvalue weighted by molar-refractivity contribution is -0.147. The molecule has 0 radical (unpaired) electrons. The molecule has 0 aliphatic carbocycles. The lowest BCUT2D eigenvalue weighted by Gasteiger charge is -2.24. The number of fused-ring (bicyclic) bond motifs is 1. The molecule has 302 valence electrons. The van der Waals surface area contributed by atoms with Crippen LogP contribution in [0.3, 0.4) is 0 Å². The Balaban J connectivity index is 2.14. The first-order chi connectivity index (χ1) is 25.9. The van der Waals surface area contributed by atoms with Crippen LogP contribution in [0.5, 0.6) is 0 Å². The third kappa shape index (κ3) is 16.1. The minimum absolute atomic E-state index is 0.0240. The van der Waals surface area contributed by atoms with Crippen molar-refractivity contribution in [1.82, 2.24) is 31.6 Å². The van der Waals surface area contributed by atoms with E-state index in [1.165, 1.54) is 0 Å². The van der Waals surface area contributed by atoms with Gasteiger partial charge in [0, 0.05) is 30.1 Å². The number of amides is 5. The summed E-state index contributed by atoms with van der Waals surface area (Å²) in [6.07, 6.45) is -0.0366. The number of nitrogens with two attached hydrogens (primary N) is 3. The monoisotopic (exact) mass is 774 g/mol. The Morgan fingerprint density at radius 3 is 2.00 bits per heavy atom. The Morgan fingerprint density at radius 2 is 1.40 bits per heavy atom. The second kappa shape index (κ2) is 22.1. The minimum atomic E-state index is -1.90. The molecule has 2 aromatic rings. The van der Waals surface area contributed by atoms with Crippen molar-refractivity contribution in [3.05, 3.63) is 36.0 Å². The molecule has 0 unspecified atom stereocenters. The third-order valence-corrected chi connectivity index (χ3v) is 8.08. The van der Waals surface area contributed by atoms with E-state index >= 15 is 0 Å². The zero-order valence-corrected chi connectivity index (χ0v) is 30.5. The van der Waals surface area contributed by atoms with Crippen LogP contribution in [-0.2, 0) is 44.8 Å². The summed E-state index contributed by atoms with van der Waals surface area (Å²) in [5, 5.41) is 40.2. The van der Waals surface area contributed by atoms with Gasteiger partial charge in [-0.25, -0.2) is 4.79 Å². The van der Waals surface area contributed by atoms with E-state index in [9.17, 15) is 43.5 Å². The molecule has 5 amide bonds. The Hall–Kier alpha value is -6.25. The number of para-hydroxylation sites is 1. The summed E-state index contributed by atoms with van der Waals surface area (Å²) >= 11 is 0. The van der Waals surface area contributed by atoms with Gasteiger partial charge in [0.2, 0.25) is 29.5 Å². The van der Waals surface area contributed by atoms with Crippen molar-refractivity contribution in [2.75, 3.05) is 13.1 Å². The molecule has 5 atom stereocenters. The van der Waals surface area contributed by atoms with Crippen molar-refractivity contribution in [2.24, 2.45) is 28.1 Å². The van der Waals surface area contributed by atoms with Crippen molar-refractivity contribution in [2.45, 2.75) is 89.0 Å². The van der Waals surface area contributed by atoms with E-state index in [1.54, 1.807) is 6.20 Å². The number of aromatic nitrogens is 1. The molecule has 1 heterocycles. The number of aliphatic imine (C=N–C) groups is 1. The molecule has 1 aromatic carbocycles. The molecule has 1 aromatic heterocycles. The second-order valence-corrected chi connectivity index (χ2v) is 13.1. The molecule has 0 spiro atoms. The molecule has 2 rings (SSSR count). The number of hydrogen-bond acceptors (Lipinski definition) is 10. The number of aliphatic carboxylic acids is 3. The minimum Gasteiger partial charge on any atom is -0.481 e. The van der Waals surface area contributed by atoms with Crippen LogP contribution >= 0.6 is 0 Å². The zero-order chi connectivity index (χ0) is 41.2. The Morgan fingerprint density at radius 1 is 0.782 bits per heavy atom. The maximum absolute atomic E-state index is 13.4. The van der Waals surface area contributed by atoms with Gasteiger partial charge in [-0.1, -0.05) is 32.0 Å². The van der Waals surface area contributed by atoms with Crippen LogP contribution in [-0.4, -0.2) is 117 Å². The highest BCUT2D eigenvalue weighted by Gasteiger charge is 2.31. The average Bonchev–Trinajstić information content (AvgIpc) is 3.51. The molecule has 55 heavy (non-hydrogen) atoms. The van der Waals surface area contributed by atoms with Crippen LogP contribution in [0.2, 0.25) is 0 Å². The fourth-order valence-corrected chi connectivity index (χ4v) is 5.38. The summed E-state index contributed by atoms with van der Waals surface area (Å²) in [6.45, 7) is 3.03. The van der Waals surface area contributed by atoms with Gasteiger partial charge in [-0.05, 0) is 49.7 Å². The maximum atomic E-state index is 13.4. The van der Waals surface area contributed by atoms with Crippen molar-refractivity contribution >= 4 is 64.3 Å². The highest BCUT2D eigenvalue weighted by atomic mass is 16.4. The Kier molecular flexibility index (Phi) is 18.0. The van der Waals surface area contributed by atoms with E-state index in [2.05, 4.69) is 31.2 Å². The molecule has 21 nitrogen and oxygen atoms in total. The number of nitrogens with one attached hydrogen (secondary N) is 6. The van der Waals surface area contributed by atoms with Gasteiger partial charge in [0.25, 0.3) is 0 Å². The smallest absolute Gasteiger partial charge is 0.326 e. The fourth-order valence-electron chi connectivity index (χ4n) is 5.38. The SMILES string of the molecule is CC(C)C[C@H](NC(=O)[C@@H](N)Cc1c[nH]c2ccccc12)C(=O)NCC(=O)N[C@@H](CCCN=C(N)N)C(=O)N[C@H](CCC(=O)O)C(=O)N[C@@H](CC(=O)O)C(=O)O. The van der Waals surface area contributed by atoms with E-state index in [1.807, 2.05) is 43.4 Å². The number of carboxylic acid groups (broad SMARTS) is 3. The van der Waals surface area contributed by atoms with Gasteiger partial charge in [-0.2, -0.15) is 0 Å². The molecule has 0 aliphatic heterocycles. The predicted molar refractivity (Wildman–Crippen MR) is 197 cm³/mol. The van der Waals surface area contributed by atoms with Crippen molar-refractivity contribution in [3.8, 4) is 0 Å². The van der Waals surface area contributed by atoms with Crippen LogP contribution in [0, 0.1) is 5.92 Å². The van der Waals surface area contributed by atoms with Crippen LogP contribution in [0.15, 0.2) is 35.5 Å². The molecular formula is C34H50N10O11. The van der Waals surface area contributed by atoms with Crippen molar-refractivity contribution in [3.63, 3.8) is 0 Å². The van der Waals surface area contributed by atoms with E-state index < -0.39 is 103 Å². The van der Waals surface area contributed by atoms with E-state index in [0.29, 0.717) is 0 Å². The number of carbonyl (C=O) groups excluding carboxylic acids is 5. The van der Waals surface area contributed by atoms with Crippen LogP contribution < -0.4 is 43.8 Å². The van der Waals surface area contributed by atoms with Crippen LogP contribution in [0.4, 0.5) is 0 Å². The van der Waals surface area contributed by atoms with Gasteiger partial charge >= 0.3 is 17.9 Å². The summed E-state index contributed by atoms with van der Waals surface area (Å²) < 4.78 is 0. The molecule has 0 saturated carbocycles. The van der Waals surface area contributed by atoms with Gasteiger partial charge in [0.05, 0.1) is 19.0 Å². The molecule has 0 aliphatic rings. The van der Waals surface area contributed by atoms with Gasteiger partial charge in [-0.15, -0.1) is 0 Å². The third-order valence-electron chi connectivity index (χ3n) is 8.08. The number of guanidine groups is 1. The number of carboxylic acids is 3. The van der Waals surface area contributed by atoms with Gasteiger partial charge in [-0.3, -0.25) is 38.6 Å². The van der Waals surface area contributed by atoms with E-state index in [0.717, 1.165) is 16.5 Å². The number of hydrogen-bond donors (Lipinski definition) is 12. The Bertz CT molecular complexity index is 1720. The molecular weight excluding hydrogens is 724 g/mol. The highest BCUT2D eigenvalue weighted by molar-refractivity contribution is 5.96. The first kappa shape index (κ1) is 44.9. The lowest BCUT2D eigenvalue weighted by atomic mass is 10.0. The summed E-state index contributed by atoms with van der Waals surface area (Å²) in [6, 6.07) is 0.467. The van der Waals surface area contributed by atoms with Gasteiger partial charge < -0.3 is 64.1 Å². The Labute approximate surface area is 315 Å². The summed E-state index contributed by atoms with van der Waals surface area (Å²) in [7, 11) is 0. The van der Waals surface area contributed by atoms with E-state index in [4.69, 9.17) is 27.4 Å². The number of benzene rings is 1. The quantitative estimate of drug-likeness (QED) is 0.0301. The largest absolute Gasteiger partial charge is 0.481 e.